The highest BCUT2D eigenvalue weighted by Gasteiger charge is 2.36. The molecule has 0 unspecified atom stereocenters. The van der Waals surface area contributed by atoms with E-state index in [-0.39, 0.29) is 28.7 Å². The van der Waals surface area contributed by atoms with Gasteiger partial charge in [-0.25, -0.2) is 13.6 Å². The third kappa shape index (κ3) is 3.19. The number of hydrogen-bond donors (Lipinski definition) is 3. The fraction of sp³-hybridized carbons (Fsp3) is 0.130. The van der Waals surface area contributed by atoms with Crippen molar-refractivity contribution in [3.05, 3.63) is 93.5 Å². The molecule has 0 aliphatic carbocycles. The van der Waals surface area contributed by atoms with Gasteiger partial charge in [0.25, 0.3) is 5.91 Å². The number of urea groups is 1. The van der Waals surface area contributed by atoms with Crippen LogP contribution in [0.5, 0.6) is 0 Å². The van der Waals surface area contributed by atoms with Gasteiger partial charge in [0, 0.05) is 33.0 Å². The van der Waals surface area contributed by atoms with Gasteiger partial charge in [-0.2, -0.15) is 0 Å². The first kappa shape index (κ1) is 20.4. The van der Waals surface area contributed by atoms with E-state index in [1.165, 1.54) is 35.2 Å². The maximum absolute atomic E-state index is 14.1. The molecule has 2 heterocycles. The summed E-state index contributed by atoms with van der Waals surface area (Å²) in [5.41, 5.74) is 1.75. The number of nitrogens with one attached hydrogen (secondary N) is 2. The quantitative estimate of drug-likeness (QED) is 0.530. The van der Waals surface area contributed by atoms with Crippen LogP contribution >= 0.6 is 11.6 Å². The van der Waals surface area contributed by atoms with Crippen LogP contribution in [-0.2, 0) is 0 Å². The van der Waals surface area contributed by atoms with Crippen LogP contribution in [0, 0.1) is 11.6 Å². The van der Waals surface area contributed by atoms with Crippen LogP contribution in [-0.4, -0.2) is 23.6 Å². The van der Waals surface area contributed by atoms with Crippen LogP contribution in [0.3, 0.4) is 0 Å². The lowest BCUT2D eigenvalue weighted by molar-refractivity contribution is 0.0960. The summed E-state index contributed by atoms with van der Waals surface area (Å²) in [7, 11) is 0. The Balaban J connectivity index is 1.52. The minimum atomic E-state index is -1.15. The second-order valence-corrected chi connectivity index (χ2v) is 7.98. The first-order chi connectivity index (χ1) is 15.3. The highest BCUT2D eigenvalue weighted by molar-refractivity contribution is 6.31. The van der Waals surface area contributed by atoms with Gasteiger partial charge >= 0.3 is 6.03 Å². The average Bonchev–Trinajstić information content (AvgIpc) is 3.29. The number of β-amino-alcohol motifs (C(OH)–C–C–N with tert-alkyl or cyclic N) is 1. The second kappa shape index (κ2) is 7.58. The molecule has 0 radical (unpaired) electrons. The fourth-order valence-electron chi connectivity index (χ4n) is 4.26. The number of carbonyl (C=O) groups is 2. The van der Waals surface area contributed by atoms with Gasteiger partial charge in [0.1, 0.15) is 17.7 Å². The van der Waals surface area contributed by atoms with Crippen molar-refractivity contribution in [3.8, 4) is 0 Å². The SMILES string of the molecule is O=C1N[C@@H](c2cc(F)ccc2Cl)c2c(NC(=O)N3C[C@H](O)c4c(F)cccc43)cccc21. The number of fused-ring (bicyclic) bond motifs is 2. The van der Waals surface area contributed by atoms with Crippen LogP contribution in [0.2, 0.25) is 5.02 Å². The molecule has 3 aromatic carbocycles. The molecule has 0 fully saturated rings. The molecule has 32 heavy (non-hydrogen) atoms. The van der Waals surface area contributed by atoms with Crippen LogP contribution in [0.4, 0.5) is 25.0 Å². The molecule has 0 saturated carbocycles. The molecule has 3 N–H and O–H groups in total. The van der Waals surface area contributed by atoms with Gasteiger partial charge < -0.3 is 15.7 Å². The Labute approximate surface area is 186 Å². The van der Waals surface area contributed by atoms with Gasteiger partial charge in [0.15, 0.2) is 0 Å². The molecule has 0 bridgehead atoms. The largest absolute Gasteiger partial charge is 0.386 e. The van der Waals surface area contributed by atoms with Crippen molar-refractivity contribution in [2.24, 2.45) is 0 Å². The summed E-state index contributed by atoms with van der Waals surface area (Å²) in [4.78, 5) is 26.8. The number of benzene rings is 3. The standard InChI is InChI=1S/C23H16ClF2N3O3/c24-14-8-7-11(25)9-13(14)21-19-12(22(31)28-21)3-1-5-16(19)27-23(32)29-10-18(30)20-15(26)4-2-6-17(20)29/h1-9,18,21,30H,10H2,(H,27,32)(H,28,31)/t18-,21-/m0/s1. The molecule has 2 aliphatic heterocycles. The predicted octanol–water partition coefficient (Wildman–Crippen LogP) is 4.54. The van der Waals surface area contributed by atoms with Gasteiger partial charge in [-0.1, -0.05) is 23.7 Å². The van der Waals surface area contributed by atoms with Gasteiger partial charge in [0.2, 0.25) is 0 Å². The minimum absolute atomic E-state index is 0.0576. The van der Waals surface area contributed by atoms with Crippen LogP contribution in [0.1, 0.15) is 39.2 Å². The zero-order valence-corrected chi connectivity index (χ0v) is 17.2. The Morgan fingerprint density at radius 1 is 1.12 bits per heavy atom. The number of aliphatic hydroxyl groups excluding tert-OH is 1. The lowest BCUT2D eigenvalue weighted by Gasteiger charge is -2.21. The molecule has 2 aliphatic rings. The average molecular weight is 456 g/mol. The van der Waals surface area contributed by atoms with E-state index in [0.717, 1.165) is 0 Å². The summed E-state index contributed by atoms with van der Waals surface area (Å²) in [5, 5.41) is 16.0. The van der Waals surface area contributed by atoms with Crippen LogP contribution in [0.15, 0.2) is 54.6 Å². The van der Waals surface area contributed by atoms with Crippen LogP contribution in [0.25, 0.3) is 0 Å². The minimum Gasteiger partial charge on any atom is -0.386 e. The van der Waals surface area contributed by atoms with E-state index in [4.69, 9.17) is 11.6 Å². The summed E-state index contributed by atoms with van der Waals surface area (Å²) in [6.07, 6.45) is -1.15. The van der Waals surface area contributed by atoms with E-state index in [9.17, 15) is 23.5 Å². The normalized spacial score (nSPS) is 18.9. The molecule has 162 valence electrons. The van der Waals surface area contributed by atoms with Gasteiger partial charge in [-0.3, -0.25) is 9.69 Å². The summed E-state index contributed by atoms with van der Waals surface area (Å²) in [6, 6.07) is 11.5. The lowest BCUT2D eigenvalue weighted by atomic mass is 9.96. The molecule has 9 heteroatoms. The zero-order chi connectivity index (χ0) is 22.6. The highest BCUT2D eigenvalue weighted by atomic mass is 35.5. The smallest absolute Gasteiger partial charge is 0.326 e. The topological polar surface area (TPSA) is 81.7 Å². The number of anilines is 2. The third-order valence-electron chi connectivity index (χ3n) is 5.68. The van der Waals surface area contributed by atoms with Gasteiger partial charge in [-0.05, 0) is 42.5 Å². The predicted molar refractivity (Wildman–Crippen MR) is 115 cm³/mol. The van der Waals surface area contributed by atoms with Crippen molar-refractivity contribution in [1.29, 1.82) is 0 Å². The number of aliphatic hydroxyl groups is 1. The monoisotopic (exact) mass is 455 g/mol. The molecule has 6 nitrogen and oxygen atoms in total. The van der Waals surface area contributed by atoms with Gasteiger partial charge in [-0.15, -0.1) is 0 Å². The number of hydrogen-bond acceptors (Lipinski definition) is 3. The number of carbonyl (C=O) groups excluding carboxylic acids is 2. The molecular formula is C23H16ClF2N3O3. The van der Waals surface area contributed by atoms with Crippen molar-refractivity contribution in [2.45, 2.75) is 12.1 Å². The number of rotatable bonds is 2. The Morgan fingerprint density at radius 3 is 2.72 bits per heavy atom. The molecule has 0 spiro atoms. The molecule has 0 aromatic heterocycles. The van der Waals surface area contributed by atoms with E-state index < -0.39 is 29.8 Å². The first-order valence-electron chi connectivity index (χ1n) is 9.79. The van der Waals surface area contributed by atoms with E-state index >= 15 is 0 Å². The van der Waals surface area contributed by atoms with Crippen molar-refractivity contribution >= 4 is 34.9 Å². The molecule has 3 aromatic rings. The summed E-state index contributed by atoms with van der Waals surface area (Å²) in [6.45, 7) is -0.118. The Kier molecular flexibility index (Phi) is 4.83. The summed E-state index contributed by atoms with van der Waals surface area (Å²) < 4.78 is 28.0. The Hall–Kier alpha value is -3.49. The van der Waals surface area contributed by atoms with Crippen molar-refractivity contribution in [3.63, 3.8) is 0 Å². The maximum atomic E-state index is 14.1. The zero-order valence-electron chi connectivity index (χ0n) is 16.4. The van der Waals surface area contributed by atoms with Crippen LogP contribution < -0.4 is 15.5 Å². The fourth-order valence-corrected chi connectivity index (χ4v) is 4.49. The molecule has 5 rings (SSSR count). The second-order valence-electron chi connectivity index (χ2n) is 7.57. The number of amides is 3. The van der Waals surface area contributed by atoms with E-state index in [1.807, 2.05) is 0 Å². The number of halogens is 3. The van der Waals surface area contributed by atoms with Crippen molar-refractivity contribution in [2.75, 3.05) is 16.8 Å². The van der Waals surface area contributed by atoms with E-state index in [1.54, 1.807) is 24.3 Å². The molecular weight excluding hydrogens is 440 g/mol. The highest BCUT2D eigenvalue weighted by Crippen LogP contribution is 2.40. The van der Waals surface area contributed by atoms with Crippen molar-refractivity contribution < 1.29 is 23.5 Å². The van der Waals surface area contributed by atoms with E-state index in [0.29, 0.717) is 22.4 Å². The number of nitrogens with zero attached hydrogens (tertiary/aromatic N) is 1. The summed E-state index contributed by atoms with van der Waals surface area (Å²) >= 11 is 6.26. The van der Waals surface area contributed by atoms with E-state index in [2.05, 4.69) is 10.6 Å². The first-order valence-corrected chi connectivity index (χ1v) is 10.2. The van der Waals surface area contributed by atoms with Gasteiger partial charge in [0.05, 0.1) is 18.3 Å². The maximum Gasteiger partial charge on any atom is 0.326 e. The lowest BCUT2D eigenvalue weighted by Crippen LogP contribution is -2.34. The Morgan fingerprint density at radius 2 is 1.91 bits per heavy atom. The summed E-state index contributed by atoms with van der Waals surface area (Å²) in [5.74, 6) is -1.50. The Bertz CT molecular complexity index is 1280. The van der Waals surface area contributed by atoms with Crippen molar-refractivity contribution in [1.82, 2.24) is 5.32 Å². The molecule has 0 saturated heterocycles. The third-order valence-corrected chi connectivity index (χ3v) is 6.02. The molecule has 2 atom stereocenters. The molecule has 3 amide bonds.